The summed E-state index contributed by atoms with van der Waals surface area (Å²) in [6.45, 7) is 3.19. The Hall–Kier alpha value is -2.44. The van der Waals surface area contributed by atoms with Crippen LogP contribution in [0.2, 0.25) is 0 Å². The minimum atomic E-state index is -0.0166. The fraction of sp³-hybridized carbons (Fsp3) is 0.579. The Morgan fingerprint density at radius 1 is 1.15 bits per heavy atom. The third kappa shape index (κ3) is 2.33. The first-order chi connectivity index (χ1) is 12.6. The van der Waals surface area contributed by atoms with Crippen molar-refractivity contribution in [1.29, 1.82) is 0 Å². The van der Waals surface area contributed by atoms with E-state index in [4.69, 9.17) is 0 Å². The zero-order chi connectivity index (χ0) is 17.8. The number of rotatable bonds is 1. The fourth-order valence-corrected chi connectivity index (χ4v) is 4.96. The van der Waals surface area contributed by atoms with Crippen LogP contribution in [0.5, 0.6) is 0 Å². The molecule has 0 unspecified atom stereocenters. The van der Waals surface area contributed by atoms with Crippen molar-refractivity contribution >= 4 is 5.91 Å². The molecule has 7 nitrogen and oxygen atoms in total. The van der Waals surface area contributed by atoms with E-state index in [1.165, 1.54) is 0 Å². The smallest absolute Gasteiger partial charge is 0.274 e. The van der Waals surface area contributed by atoms with Crippen LogP contribution in [0.4, 0.5) is 0 Å². The zero-order valence-corrected chi connectivity index (χ0v) is 15.0. The van der Waals surface area contributed by atoms with Crippen molar-refractivity contribution in [1.82, 2.24) is 25.1 Å². The van der Waals surface area contributed by atoms with Crippen LogP contribution in [0.1, 0.15) is 64.0 Å². The molecular weight excluding hydrogens is 330 g/mol. The first kappa shape index (κ1) is 15.8. The molecule has 1 aliphatic heterocycles. The topological polar surface area (TPSA) is 94.7 Å². The third-order valence-corrected chi connectivity index (χ3v) is 6.27. The van der Waals surface area contributed by atoms with Crippen LogP contribution >= 0.6 is 0 Å². The van der Waals surface area contributed by atoms with Crippen LogP contribution < -0.4 is 5.56 Å². The number of hydrogen-bond donors (Lipinski definition) is 2. The lowest BCUT2D eigenvalue weighted by atomic mass is 9.80. The lowest BCUT2D eigenvalue weighted by Crippen LogP contribution is -2.30. The molecule has 2 aromatic heterocycles. The molecule has 136 valence electrons. The number of nitrogens with one attached hydrogen (secondary N) is 2. The quantitative estimate of drug-likeness (QED) is 0.812. The van der Waals surface area contributed by atoms with Crippen molar-refractivity contribution in [2.45, 2.75) is 51.4 Å². The van der Waals surface area contributed by atoms with Gasteiger partial charge in [0.1, 0.15) is 5.82 Å². The monoisotopic (exact) mass is 353 g/mol. The van der Waals surface area contributed by atoms with E-state index < -0.39 is 0 Å². The highest BCUT2D eigenvalue weighted by molar-refractivity contribution is 5.94. The maximum absolute atomic E-state index is 13.1. The lowest BCUT2D eigenvalue weighted by Gasteiger charge is -2.25. The van der Waals surface area contributed by atoms with Crippen LogP contribution in [0.25, 0.3) is 0 Å². The van der Waals surface area contributed by atoms with Gasteiger partial charge in [-0.1, -0.05) is 0 Å². The molecule has 2 N–H and O–H groups in total. The summed E-state index contributed by atoms with van der Waals surface area (Å²) in [7, 11) is 0. The van der Waals surface area contributed by atoms with Gasteiger partial charge in [-0.3, -0.25) is 14.7 Å². The summed E-state index contributed by atoms with van der Waals surface area (Å²) in [5.41, 5.74) is 4.54. The average molecular weight is 353 g/mol. The summed E-state index contributed by atoms with van der Waals surface area (Å²) in [5.74, 6) is 1.23. The molecule has 1 saturated heterocycles. The van der Waals surface area contributed by atoms with Crippen LogP contribution in [0, 0.1) is 12.8 Å². The highest BCUT2D eigenvalue weighted by Crippen LogP contribution is 2.40. The summed E-state index contributed by atoms with van der Waals surface area (Å²) in [6.07, 6.45) is 5.89. The highest BCUT2D eigenvalue weighted by atomic mass is 16.2. The van der Waals surface area contributed by atoms with E-state index in [0.29, 0.717) is 24.0 Å². The molecule has 2 aliphatic carbocycles. The first-order valence-electron chi connectivity index (χ1n) is 9.57. The molecule has 26 heavy (non-hydrogen) atoms. The second kappa shape index (κ2) is 5.79. The Morgan fingerprint density at radius 2 is 2.00 bits per heavy atom. The van der Waals surface area contributed by atoms with Gasteiger partial charge in [0.05, 0.1) is 5.69 Å². The average Bonchev–Trinajstić information content (AvgIpc) is 3.25. The Balaban J connectivity index is 1.44. The van der Waals surface area contributed by atoms with E-state index in [2.05, 4.69) is 20.2 Å². The van der Waals surface area contributed by atoms with Crippen molar-refractivity contribution in [2.24, 2.45) is 5.92 Å². The molecule has 0 radical (unpaired) electrons. The van der Waals surface area contributed by atoms with Crippen LogP contribution in [-0.4, -0.2) is 44.1 Å². The molecule has 2 aromatic rings. The predicted octanol–water partition coefficient (Wildman–Crippen LogP) is 1.48. The minimum absolute atomic E-state index is 0.0166. The number of aryl methyl sites for hydroxylation is 2. The molecule has 0 aromatic carbocycles. The summed E-state index contributed by atoms with van der Waals surface area (Å²) < 4.78 is 0. The normalized spacial score (nSPS) is 24.1. The molecule has 0 bridgehead atoms. The maximum Gasteiger partial charge on any atom is 0.274 e. The molecule has 0 spiro atoms. The van der Waals surface area contributed by atoms with Gasteiger partial charge in [-0.25, -0.2) is 4.98 Å². The first-order valence-corrected chi connectivity index (χ1v) is 9.57. The van der Waals surface area contributed by atoms with Gasteiger partial charge in [-0.15, -0.1) is 0 Å². The summed E-state index contributed by atoms with van der Waals surface area (Å²) in [6, 6.07) is 0. The number of aromatic amines is 2. The van der Waals surface area contributed by atoms with E-state index in [1.54, 1.807) is 0 Å². The molecular formula is C19H23N5O2. The molecule has 7 heteroatoms. The zero-order valence-electron chi connectivity index (χ0n) is 15.0. The van der Waals surface area contributed by atoms with Gasteiger partial charge in [0.15, 0.2) is 5.69 Å². The Bertz CT molecular complexity index is 944. The van der Waals surface area contributed by atoms with Crippen LogP contribution in [0.3, 0.4) is 0 Å². The van der Waals surface area contributed by atoms with Crippen LogP contribution in [-0.2, 0) is 19.3 Å². The van der Waals surface area contributed by atoms with E-state index >= 15 is 0 Å². The molecule has 1 fully saturated rings. The molecule has 3 heterocycles. The third-order valence-electron chi connectivity index (χ3n) is 6.27. The van der Waals surface area contributed by atoms with Crippen molar-refractivity contribution in [3.05, 3.63) is 44.4 Å². The van der Waals surface area contributed by atoms with Crippen molar-refractivity contribution in [3.63, 3.8) is 0 Å². The molecule has 1 amide bonds. The predicted molar refractivity (Wildman–Crippen MR) is 95.3 cm³/mol. The summed E-state index contributed by atoms with van der Waals surface area (Å²) in [4.78, 5) is 34.7. The van der Waals surface area contributed by atoms with E-state index in [0.717, 1.165) is 67.6 Å². The standard InChI is InChI=1S/C19H23N5O2/c1-10-20-16-13(18(25)21-10)7-6-11-8-24(9-14(11)16)19(26)17-12-4-2-3-5-15(12)22-23-17/h11,14H,2-9H2,1H3,(H,22,23)(H,20,21,25)/t11-,14+/m1/s1. The van der Waals surface area contributed by atoms with Gasteiger partial charge in [0, 0.05) is 35.8 Å². The van der Waals surface area contributed by atoms with E-state index in [9.17, 15) is 9.59 Å². The van der Waals surface area contributed by atoms with Crippen LogP contribution in [0.15, 0.2) is 4.79 Å². The van der Waals surface area contributed by atoms with Crippen molar-refractivity contribution in [3.8, 4) is 0 Å². The molecule has 0 saturated carbocycles. The maximum atomic E-state index is 13.1. The minimum Gasteiger partial charge on any atom is -0.336 e. The number of carbonyl (C=O) groups is 1. The Kier molecular flexibility index (Phi) is 3.52. The Labute approximate surface area is 151 Å². The van der Waals surface area contributed by atoms with Crippen molar-refractivity contribution in [2.75, 3.05) is 13.1 Å². The lowest BCUT2D eigenvalue weighted by molar-refractivity contribution is 0.0778. The van der Waals surface area contributed by atoms with Gasteiger partial charge < -0.3 is 9.88 Å². The largest absolute Gasteiger partial charge is 0.336 e. The van der Waals surface area contributed by atoms with Gasteiger partial charge in [0.25, 0.3) is 11.5 Å². The number of H-pyrrole nitrogens is 2. The molecule has 3 aliphatic rings. The van der Waals surface area contributed by atoms with Crippen molar-refractivity contribution < 1.29 is 4.79 Å². The SMILES string of the molecule is Cc1nc2c(c(=O)[nH]1)CC[C@@H]1CN(C(=O)c3n[nH]c4c3CCCC4)C[C@H]21. The number of likely N-dealkylation sites (tertiary alicyclic amines) is 1. The number of carbonyl (C=O) groups excluding carboxylic acids is 1. The number of fused-ring (bicyclic) bond motifs is 4. The number of hydrogen-bond acceptors (Lipinski definition) is 4. The van der Waals surface area contributed by atoms with Gasteiger partial charge in [-0.05, 0) is 51.4 Å². The highest BCUT2D eigenvalue weighted by Gasteiger charge is 2.42. The number of nitrogens with zero attached hydrogens (tertiary/aromatic N) is 3. The van der Waals surface area contributed by atoms with E-state index in [1.807, 2.05) is 11.8 Å². The van der Waals surface area contributed by atoms with Gasteiger partial charge >= 0.3 is 0 Å². The van der Waals surface area contributed by atoms with Gasteiger partial charge in [0.2, 0.25) is 0 Å². The summed E-state index contributed by atoms with van der Waals surface area (Å²) >= 11 is 0. The number of aromatic nitrogens is 4. The van der Waals surface area contributed by atoms with E-state index in [-0.39, 0.29) is 17.4 Å². The van der Waals surface area contributed by atoms with Gasteiger partial charge in [-0.2, -0.15) is 5.10 Å². The molecule has 5 rings (SSSR count). The fourth-order valence-electron chi connectivity index (χ4n) is 4.96. The summed E-state index contributed by atoms with van der Waals surface area (Å²) in [5, 5.41) is 7.41. The second-order valence-corrected chi connectivity index (χ2v) is 7.87. The second-order valence-electron chi connectivity index (χ2n) is 7.87. The number of amides is 1. The molecule has 2 atom stereocenters. The Morgan fingerprint density at radius 3 is 2.88 bits per heavy atom.